The lowest BCUT2D eigenvalue weighted by molar-refractivity contribution is -0.124. The number of ether oxygens (including phenoxy) is 1. The Morgan fingerprint density at radius 1 is 1.55 bits per heavy atom. The summed E-state index contributed by atoms with van der Waals surface area (Å²) in [4.78, 5) is 22.8. The molecule has 2 N–H and O–H groups in total. The third kappa shape index (κ3) is 3.33. The lowest BCUT2D eigenvalue weighted by Gasteiger charge is -2.22. The number of piperidine rings is 1. The van der Waals surface area contributed by atoms with Crippen LogP contribution in [0.3, 0.4) is 0 Å². The Morgan fingerprint density at radius 3 is 3.00 bits per heavy atom. The fraction of sp³-hybridized carbons (Fsp3) is 0.429. The normalized spacial score (nSPS) is 18.5. The summed E-state index contributed by atoms with van der Waals surface area (Å²) in [7, 11) is 1.21. The summed E-state index contributed by atoms with van der Waals surface area (Å²) in [6, 6.07) is 4.06. The zero-order valence-electron chi connectivity index (χ0n) is 11.2. The van der Waals surface area contributed by atoms with Crippen molar-refractivity contribution < 1.29 is 18.7 Å². The van der Waals surface area contributed by atoms with Gasteiger partial charge in [-0.2, -0.15) is 0 Å². The number of benzene rings is 1. The Labute approximate surface area is 116 Å². The molecule has 1 unspecified atom stereocenters. The zero-order chi connectivity index (χ0) is 14.5. The average molecular weight is 280 g/mol. The highest BCUT2D eigenvalue weighted by Gasteiger charge is 2.21. The highest BCUT2D eigenvalue weighted by Crippen LogP contribution is 2.12. The Balaban J connectivity index is 1.98. The molecular formula is C14H17FN2O3. The van der Waals surface area contributed by atoms with Crippen molar-refractivity contribution in [2.45, 2.75) is 25.4 Å². The van der Waals surface area contributed by atoms with Gasteiger partial charge in [0.15, 0.2) is 0 Å². The van der Waals surface area contributed by atoms with Crippen molar-refractivity contribution in [1.82, 2.24) is 10.6 Å². The molecule has 0 bridgehead atoms. The number of halogens is 1. The maximum absolute atomic E-state index is 13.7. The third-order valence-electron chi connectivity index (χ3n) is 3.28. The van der Waals surface area contributed by atoms with Crippen molar-refractivity contribution >= 4 is 11.9 Å². The molecule has 1 amide bonds. The van der Waals surface area contributed by atoms with Crippen molar-refractivity contribution in [2.75, 3.05) is 13.7 Å². The van der Waals surface area contributed by atoms with Crippen LogP contribution in [0.25, 0.3) is 0 Å². The summed E-state index contributed by atoms with van der Waals surface area (Å²) in [5.74, 6) is -1.35. The quantitative estimate of drug-likeness (QED) is 0.807. The zero-order valence-corrected chi connectivity index (χ0v) is 11.2. The number of hydrogen-bond acceptors (Lipinski definition) is 4. The topological polar surface area (TPSA) is 67.4 Å². The summed E-state index contributed by atoms with van der Waals surface area (Å²) in [5.41, 5.74) is 0.584. The van der Waals surface area contributed by atoms with Crippen LogP contribution in [0, 0.1) is 5.82 Å². The first-order valence-electron chi connectivity index (χ1n) is 6.49. The molecule has 1 saturated heterocycles. The average Bonchev–Trinajstić information content (AvgIpc) is 2.46. The van der Waals surface area contributed by atoms with Gasteiger partial charge in [0.2, 0.25) is 5.91 Å². The fourth-order valence-electron chi connectivity index (χ4n) is 2.15. The Hall–Kier alpha value is -1.95. The van der Waals surface area contributed by atoms with Gasteiger partial charge < -0.3 is 15.4 Å². The number of nitrogens with one attached hydrogen (secondary N) is 2. The lowest BCUT2D eigenvalue weighted by atomic mass is 10.1. The molecule has 0 saturated carbocycles. The van der Waals surface area contributed by atoms with E-state index in [2.05, 4.69) is 15.4 Å². The maximum Gasteiger partial charge on any atom is 0.340 e. The molecule has 20 heavy (non-hydrogen) atoms. The number of hydrogen-bond donors (Lipinski definition) is 2. The molecule has 0 radical (unpaired) electrons. The van der Waals surface area contributed by atoms with Crippen LogP contribution in [-0.4, -0.2) is 31.6 Å². The van der Waals surface area contributed by atoms with Gasteiger partial charge in [-0.3, -0.25) is 4.79 Å². The van der Waals surface area contributed by atoms with E-state index < -0.39 is 11.8 Å². The van der Waals surface area contributed by atoms with Crippen LogP contribution in [-0.2, 0) is 16.1 Å². The highest BCUT2D eigenvalue weighted by molar-refractivity contribution is 5.89. The number of esters is 1. The van der Waals surface area contributed by atoms with E-state index >= 15 is 0 Å². The van der Waals surface area contributed by atoms with Crippen molar-refractivity contribution in [3.63, 3.8) is 0 Å². The van der Waals surface area contributed by atoms with Crippen LogP contribution in [0.4, 0.5) is 4.39 Å². The van der Waals surface area contributed by atoms with Gasteiger partial charge >= 0.3 is 5.97 Å². The monoisotopic (exact) mass is 280 g/mol. The van der Waals surface area contributed by atoms with Crippen LogP contribution in [0.15, 0.2) is 18.2 Å². The first-order valence-corrected chi connectivity index (χ1v) is 6.49. The van der Waals surface area contributed by atoms with E-state index in [0.717, 1.165) is 12.8 Å². The second kappa shape index (κ2) is 6.47. The molecule has 1 heterocycles. The molecule has 1 fully saturated rings. The Morgan fingerprint density at radius 2 is 2.35 bits per heavy atom. The smallest absolute Gasteiger partial charge is 0.340 e. The molecule has 6 heteroatoms. The van der Waals surface area contributed by atoms with Gasteiger partial charge in [-0.05, 0) is 30.5 Å². The van der Waals surface area contributed by atoms with E-state index in [0.29, 0.717) is 18.7 Å². The fourth-order valence-corrected chi connectivity index (χ4v) is 2.15. The minimum atomic E-state index is -0.700. The van der Waals surface area contributed by atoms with Crippen LogP contribution in [0.2, 0.25) is 0 Å². The summed E-state index contributed by atoms with van der Waals surface area (Å²) in [6.45, 7) is 1.08. The third-order valence-corrected chi connectivity index (χ3v) is 3.28. The first kappa shape index (κ1) is 14.5. The number of methoxy groups -OCH3 is 1. The SMILES string of the molecule is COC(=O)c1ccc(CNC2CCCNC2=O)cc1F. The van der Waals surface area contributed by atoms with E-state index in [4.69, 9.17) is 0 Å². The molecule has 108 valence electrons. The van der Waals surface area contributed by atoms with Crippen LogP contribution < -0.4 is 10.6 Å². The molecule has 1 aliphatic rings. The van der Waals surface area contributed by atoms with Crippen LogP contribution in [0.1, 0.15) is 28.8 Å². The van der Waals surface area contributed by atoms with E-state index in [1.807, 2.05) is 0 Å². The van der Waals surface area contributed by atoms with Crippen molar-refractivity contribution in [2.24, 2.45) is 0 Å². The summed E-state index contributed by atoms with van der Waals surface area (Å²) < 4.78 is 18.2. The predicted molar refractivity (Wildman–Crippen MR) is 70.6 cm³/mol. The predicted octanol–water partition coefficient (Wildman–Crippen LogP) is 0.980. The number of carbonyl (C=O) groups is 2. The molecule has 2 rings (SSSR count). The maximum atomic E-state index is 13.7. The van der Waals surface area contributed by atoms with Crippen molar-refractivity contribution in [1.29, 1.82) is 0 Å². The minimum Gasteiger partial charge on any atom is -0.465 e. The standard InChI is InChI=1S/C14H17FN2O3/c1-20-14(19)10-5-4-9(7-11(10)15)8-17-12-3-2-6-16-13(12)18/h4-5,7,12,17H,2-3,6,8H2,1H3,(H,16,18). The van der Waals surface area contributed by atoms with Crippen molar-refractivity contribution in [3.8, 4) is 0 Å². The molecule has 1 atom stereocenters. The second-order valence-corrected chi connectivity index (χ2v) is 4.67. The molecular weight excluding hydrogens is 263 g/mol. The molecule has 1 aromatic carbocycles. The Kier molecular flexibility index (Phi) is 4.68. The second-order valence-electron chi connectivity index (χ2n) is 4.67. The van der Waals surface area contributed by atoms with E-state index in [1.165, 1.54) is 19.2 Å². The molecule has 0 aliphatic carbocycles. The number of amides is 1. The van der Waals surface area contributed by atoms with Gasteiger partial charge in [0.05, 0.1) is 18.7 Å². The lowest BCUT2D eigenvalue weighted by Crippen LogP contribution is -2.47. The van der Waals surface area contributed by atoms with Gasteiger partial charge in [-0.1, -0.05) is 6.07 Å². The molecule has 1 aromatic rings. The largest absolute Gasteiger partial charge is 0.465 e. The van der Waals surface area contributed by atoms with Crippen LogP contribution >= 0.6 is 0 Å². The first-order chi connectivity index (χ1) is 9.61. The van der Waals surface area contributed by atoms with Crippen molar-refractivity contribution in [3.05, 3.63) is 35.1 Å². The Bertz CT molecular complexity index is 519. The summed E-state index contributed by atoms with van der Waals surface area (Å²) in [6.07, 6.45) is 1.70. The highest BCUT2D eigenvalue weighted by atomic mass is 19.1. The van der Waals surface area contributed by atoms with E-state index in [9.17, 15) is 14.0 Å². The van der Waals surface area contributed by atoms with Crippen LogP contribution in [0.5, 0.6) is 0 Å². The number of carbonyl (C=O) groups excluding carboxylic acids is 2. The molecule has 0 spiro atoms. The molecule has 1 aliphatic heterocycles. The van der Waals surface area contributed by atoms with E-state index in [-0.39, 0.29) is 17.5 Å². The van der Waals surface area contributed by atoms with Gasteiger partial charge in [0.1, 0.15) is 5.82 Å². The minimum absolute atomic E-state index is 0.0251. The van der Waals surface area contributed by atoms with E-state index in [1.54, 1.807) is 6.07 Å². The molecule has 5 nitrogen and oxygen atoms in total. The number of rotatable bonds is 4. The van der Waals surface area contributed by atoms with Gasteiger partial charge in [0, 0.05) is 13.1 Å². The van der Waals surface area contributed by atoms with Gasteiger partial charge in [-0.25, -0.2) is 9.18 Å². The van der Waals surface area contributed by atoms with Gasteiger partial charge in [0.25, 0.3) is 0 Å². The summed E-state index contributed by atoms with van der Waals surface area (Å²) in [5, 5.41) is 5.86. The summed E-state index contributed by atoms with van der Waals surface area (Å²) >= 11 is 0. The molecule has 0 aromatic heterocycles. The van der Waals surface area contributed by atoms with Gasteiger partial charge in [-0.15, -0.1) is 0 Å².